The maximum absolute atomic E-state index is 14.8. The van der Waals surface area contributed by atoms with Crippen molar-refractivity contribution in [2.75, 3.05) is 39.8 Å². The highest BCUT2D eigenvalue weighted by Gasteiger charge is 2.51. The van der Waals surface area contributed by atoms with Gasteiger partial charge in [0.25, 0.3) is 0 Å². The molecule has 222 valence electrons. The molecule has 1 saturated heterocycles. The number of likely N-dealkylation sites (N-methyl/N-ethyl adjacent to an activating group) is 1. The molecule has 1 unspecified atom stereocenters. The highest BCUT2D eigenvalue weighted by Crippen LogP contribution is 2.61. The summed E-state index contributed by atoms with van der Waals surface area (Å²) in [4.78, 5) is 26.2. The third-order valence-electron chi connectivity index (χ3n) is 9.74. The van der Waals surface area contributed by atoms with Crippen molar-refractivity contribution < 1.29 is 28.2 Å². The lowest BCUT2D eigenvalue weighted by Crippen LogP contribution is -2.54. The van der Waals surface area contributed by atoms with Crippen molar-refractivity contribution in [1.29, 1.82) is 0 Å². The Hall–Kier alpha value is -2.46. The first-order valence-corrected chi connectivity index (χ1v) is 15.0. The van der Waals surface area contributed by atoms with Gasteiger partial charge < -0.3 is 30.7 Å². The van der Waals surface area contributed by atoms with Gasteiger partial charge in [0, 0.05) is 43.7 Å². The third-order valence-corrected chi connectivity index (χ3v) is 9.74. The number of rotatable bonds is 11. The smallest absolute Gasteiger partial charge is 0.404 e. The van der Waals surface area contributed by atoms with Crippen LogP contribution in [0.3, 0.4) is 0 Å². The van der Waals surface area contributed by atoms with E-state index in [0.717, 1.165) is 42.4 Å². The topological polar surface area (TPSA) is 103 Å². The Kier molecular flexibility index (Phi) is 9.14. The number of amides is 3. The zero-order valence-corrected chi connectivity index (χ0v) is 23.5. The van der Waals surface area contributed by atoms with Gasteiger partial charge in [0.05, 0.1) is 12.7 Å². The molecule has 4 N–H and O–H groups in total. The molecule has 6 rings (SSSR count). The van der Waals surface area contributed by atoms with Crippen LogP contribution >= 0.6 is 0 Å². The molecule has 0 radical (unpaired) electrons. The van der Waals surface area contributed by atoms with Crippen LogP contribution in [0.2, 0.25) is 0 Å². The lowest BCUT2D eigenvalue weighted by molar-refractivity contribution is -0.0615. The fraction of sp³-hybridized carbons (Fsp3) is 0.733. The Morgan fingerprint density at radius 1 is 1.15 bits per heavy atom. The molecule has 8 nitrogen and oxygen atoms in total. The second kappa shape index (κ2) is 12.6. The number of hydrogen-bond donors (Lipinski definition) is 4. The molecule has 4 bridgehead atoms. The minimum Gasteiger partial charge on any atom is -0.465 e. The number of carbonyl (C=O) groups excluding carboxylic acids is 1. The summed E-state index contributed by atoms with van der Waals surface area (Å²) in [7, 11) is 1.92. The van der Waals surface area contributed by atoms with Crippen molar-refractivity contribution in [3.05, 3.63) is 35.4 Å². The van der Waals surface area contributed by atoms with Gasteiger partial charge in [-0.05, 0) is 106 Å². The minimum absolute atomic E-state index is 0.00489. The molecule has 4 saturated carbocycles. The second-order valence-electron chi connectivity index (χ2n) is 12.9. The average molecular weight is 563 g/mol. The van der Waals surface area contributed by atoms with Gasteiger partial charge in [-0.25, -0.2) is 18.4 Å². The molecule has 3 atom stereocenters. The maximum Gasteiger partial charge on any atom is 0.404 e. The Balaban J connectivity index is 1.24. The number of nitrogens with zero attached hydrogens (tertiary/aromatic N) is 1. The maximum atomic E-state index is 14.8. The minimum atomic E-state index is -1.18. The second-order valence-corrected chi connectivity index (χ2v) is 12.9. The Labute approximate surface area is 235 Å². The number of likely N-dealkylation sites (tertiary alicyclic amines) is 1. The summed E-state index contributed by atoms with van der Waals surface area (Å²) >= 11 is 0. The molecule has 5 fully saturated rings. The summed E-state index contributed by atoms with van der Waals surface area (Å²) in [5.74, 6) is 1.15. The summed E-state index contributed by atoms with van der Waals surface area (Å²) in [6, 6.07) is 3.19. The summed E-state index contributed by atoms with van der Waals surface area (Å²) < 4.78 is 34.9. The first kappa shape index (κ1) is 29.0. The number of ether oxygens (including phenoxy) is 1. The average Bonchev–Trinajstić information content (AvgIpc) is 2.89. The molecular formula is C30H44F2N4O4. The normalized spacial score (nSPS) is 30.6. The predicted molar refractivity (Wildman–Crippen MR) is 147 cm³/mol. The van der Waals surface area contributed by atoms with E-state index in [0.29, 0.717) is 37.9 Å². The largest absolute Gasteiger partial charge is 0.465 e. The van der Waals surface area contributed by atoms with E-state index in [9.17, 15) is 18.4 Å². The van der Waals surface area contributed by atoms with Gasteiger partial charge >= 0.3 is 12.1 Å². The molecule has 1 aromatic carbocycles. The van der Waals surface area contributed by atoms with E-state index in [1.165, 1.54) is 38.5 Å². The summed E-state index contributed by atoms with van der Waals surface area (Å²) in [6.07, 6.45) is 8.44. The zero-order chi connectivity index (χ0) is 28.3. The van der Waals surface area contributed by atoms with Crippen LogP contribution in [0.1, 0.15) is 69.5 Å². The number of carboxylic acid groups (broad SMARTS) is 1. The van der Waals surface area contributed by atoms with Gasteiger partial charge in [-0.1, -0.05) is 0 Å². The molecule has 5 aliphatic rings. The van der Waals surface area contributed by atoms with Crippen molar-refractivity contribution >= 4 is 12.1 Å². The van der Waals surface area contributed by atoms with Crippen LogP contribution in [0.15, 0.2) is 18.2 Å². The van der Waals surface area contributed by atoms with Crippen LogP contribution in [0.4, 0.5) is 18.4 Å². The zero-order valence-electron chi connectivity index (χ0n) is 23.5. The van der Waals surface area contributed by atoms with Crippen LogP contribution in [0.5, 0.6) is 0 Å². The van der Waals surface area contributed by atoms with Gasteiger partial charge in [-0.15, -0.1) is 0 Å². The van der Waals surface area contributed by atoms with E-state index < -0.39 is 23.8 Å². The molecule has 3 amide bonds. The number of hydrogen-bond acceptors (Lipinski definition) is 4. The molecule has 0 aromatic heterocycles. The lowest BCUT2D eigenvalue weighted by Gasteiger charge is -2.57. The van der Waals surface area contributed by atoms with E-state index in [-0.39, 0.29) is 36.7 Å². The van der Waals surface area contributed by atoms with Crippen LogP contribution < -0.4 is 16.0 Å². The first-order valence-electron chi connectivity index (χ1n) is 15.0. The van der Waals surface area contributed by atoms with Gasteiger partial charge in [0.2, 0.25) is 0 Å². The van der Waals surface area contributed by atoms with Crippen LogP contribution in [-0.2, 0) is 4.74 Å². The van der Waals surface area contributed by atoms with Crippen molar-refractivity contribution in [1.82, 2.24) is 20.9 Å². The number of halogens is 2. The van der Waals surface area contributed by atoms with Crippen LogP contribution in [0.25, 0.3) is 0 Å². The molecule has 0 spiro atoms. The number of carbonyl (C=O) groups is 2. The SMILES string of the molecule is CNC[C@H](CC12CC3CC(CC(C3)C1)C2)NC(=O)N1CCC[C@@H](C(OCCNC(=O)O)c2cc(F)ccc2F)C1. The number of nitrogens with one attached hydrogen (secondary N) is 3. The van der Waals surface area contributed by atoms with E-state index in [2.05, 4.69) is 16.0 Å². The molecule has 1 heterocycles. The first-order chi connectivity index (χ1) is 19.2. The number of piperidine rings is 1. The van der Waals surface area contributed by atoms with Crippen molar-refractivity contribution in [3.8, 4) is 0 Å². The van der Waals surface area contributed by atoms with Gasteiger partial charge in [0.1, 0.15) is 11.6 Å². The number of urea groups is 1. The third kappa shape index (κ3) is 6.87. The monoisotopic (exact) mass is 562 g/mol. The van der Waals surface area contributed by atoms with Gasteiger partial charge in [-0.2, -0.15) is 0 Å². The molecule has 10 heteroatoms. The van der Waals surface area contributed by atoms with E-state index in [1.807, 2.05) is 7.05 Å². The fourth-order valence-corrected chi connectivity index (χ4v) is 8.75. The summed E-state index contributed by atoms with van der Waals surface area (Å²) in [6.45, 7) is 1.68. The van der Waals surface area contributed by atoms with E-state index >= 15 is 0 Å². The van der Waals surface area contributed by atoms with Crippen molar-refractivity contribution in [3.63, 3.8) is 0 Å². The molecule has 4 aliphatic carbocycles. The molecule has 40 heavy (non-hydrogen) atoms. The van der Waals surface area contributed by atoms with E-state index in [4.69, 9.17) is 9.84 Å². The Bertz CT molecular complexity index is 1020. The van der Waals surface area contributed by atoms with Crippen LogP contribution in [0, 0.1) is 40.7 Å². The summed E-state index contributed by atoms with van der Waals surface area (Å²) in [5, 5.41) is 17.7. The molecular weight excluding hydrogens is 518 g/mol. The van der Waals surface area contributed by atoms with E-state index in [1.54, 1.807) is 4.90 Å². The van der Waals surface area contributed by atoms with Gasteiger partial charge in [0.15, 0.2) is 0 Å². The summed E-state index contributed by atoms with van der Waals surface area (Å²) in [5.41, 5.74) is 0.434. The standard InChI is InChI=1S/C30H44F2N4O4/c1-33-17-24(16-30-13-19-9-20(14-30)11-21(10-19)15-30)35-28(37)36-7-2-3-22(18-36)27(40-8-6-34-29(38)39)25-12-23(31)4-5-26(25)32/h4-5,12,19-22,24,27,33-34H,2-3,6-11,13-18H2,1H3,(H,35,37)(H,38,39)/t19?,20?,21?,22-,24+,27?,30?/m1/s1. The van der Waals surface area contributed by atoms with Gasteiger partial charge in [-0.3, -0.25) is 0 Å². The highest BCUT2D eigenvalue weighted by atomic mass is 19.1. The number of benzene rings is 1. The quantitative estimate of drug-likeness (QED) is 0.287. The lowest BCUT2D eigenvalue weighted by atomic mass is 9.48. The molecule has 1 aliphatic heterocycles. The van der Waals surface area contributed by atoms with Crippen molar-refractivity contribution in [2.45, 2.75) is 69.9 Å². The Morgan fingerprint density at radius 3 is 2.50 bits per heavy atom. The fourth-order valence-electron chi connectivity index (χ4n) is 8.75. The predicted octanol–water partition coefficient (Wildman–Crippen LogP) is 4.91. The van der Waals surface area contributed by atoms with Crippen LogP contribution in [-0.4, -0.2) is 68.0 Å². The molecule has 1 aromatic rings. The highest BCUT2D eigenvalue weighted by molar-refractivity contribution is 5.74. The Morgan fingerprint density at radius 2 is 1.85 bits per heavy atom. The van der Waals surface area contributed by atoms with Crippen molar-refractivity contribution in [2.24, 2.45) is 29.1 Å².